The normalized spacial score (nSPS) is 26.0. The summed E-state index contributed by atoms with van der Waals surface area (Å²) in [5, 5.41) is 6.12. The van der Waals surface area contributed by atoms with Crippen LogP contribution in [0.5, 0.6) is 0 Å². The van der Waals surface area contributed by atoms with Crippen molar-refractivity contribution in [1.82, 2.24) is 15.2 Å². The maximum absolute atomic E-state index is 12.9. The molecule has 1 atom stereocenters. The van der Waals surface area contributed by atoms with Crippen LogP contribution >= 0.6 is 22.9 Å². The van der Waals surface area contributed by atoms with Crippen molar-refractivity contribution < 1.29 is 4.39 Å². The monoisotopic (exact) mass is 332 g/mol. The van der Waals surface area contributed by atoms with E-state index in [2.05, 4.69) is 20.5 Å². The molecule has 1 unspecified atom stereocenters. The number of thiazole rings is 1. The molecule has 1 aromatic rings. The van der Waals surface area contributed by atoms with Crippen LogP contribution in [0.25, 0.3) is 0 Å². The highest BCUT2D eigenvalue weighted by molar-refractivity contribution is 7.15. The molecule has 0 aliphatic carbocycles. The van der Waals surface area contributed by atoms with Gasteiger partial charge in [-0.05, 0) is 50.7 Å². The molecule has 1 aromatic heterocycles. The van der Waals surface area contributed by atoms with E-state index in [9.17, 15) is 4.39 Å². The van der Waals surface area contributed by atoms with Crippen LogP contribution in [0.15, 0.2) is 0 Å². The Hall–Kier alpha value is -0.430. The predicted molar refractivity (Wildman–Crippen MR) is 85.8 cm³/mol. The minimum absolute atomic E-state index is 0.405. The predicted octanol–water partition coefficient (Wildman–Crippen LogP) is 2.81. The Kier molecular flexibility index (Phi) is 4.99. The van der Waals surface area contributed by atoms with Gasteiger partial charge in [0.1, 0.15) is 4.34 Å². The first-order chi connectivity index (χ1) is 10.2. The van der Waals surface area contributed by atoms with Crippen LogP contribution < -0.4 is 10.6 Å². The third kappa shape index (κ3) is 3.86. The highest BCUT2D eigenvalue weighted by Gasteiger charge is 2.39. The van der Waals surface area contributed by atoms with Gasteiger partial charge in [0.25, 0.3) is 5.26 Å². The maximum Gasteiger partial charge on any atom is 0.272 e. The summed E-state index contributed by atoms with van der Waals surface area (Å²) >= 11 is 6.75. The quantitative estimate of drug-likeness (QED) is 0.786. The summed E-state index contributed by atoms with van der Waals surface area (Å²) in [5.41, 5.74) is 0.559. The molecule has 0 aromatic carbocycles. The van der Waals surface area contributed by atoms with Crippen LogP contribution in [-0.2, 0) is 0 Å². The number of nitrogens with zero attached hydrogens (tertiary/aromatic N) is 2. The van der Waals surface area contributed by atoms with Crippen LogP contribution in [0.4, 0.5) is 10.2 Å². The van der Waals surface area contributed by atoms with E-state index in [0.29, 0.717) is 15.6 Å². The molecule has 0 bridgehead atoms. The van der Waals surface area contributed by atoms with E-state index >= 15 is 0 Å². The van der Waals surface area contributed by atoms with Crippen molar-refractivity contribution in [3.8, 4) is 0 Å². The number of hydrogen-bond donors (Lipinski definition) is 2. The number of likely N-dealkylation sites (tertiary alicyclic amines) is 1. The Labute approximate surface area is 134 Å². The molecule has 7 heteroatoms. The average molecular weight is 333 g/mol. The molecule has 118 valence electrons. The number of rotatable bonds is 6. The van der Waals surface area contributed by atoms with E-state index < -0.39 is 5.26 Å². The minimum atomic E-state index is -0.477. The second-order valence-corrected chi connectivity index (χ2v) is 7.73. The van der Waals surface area contributed by atoms with E-state index in [4.69, 9.17) is 11.6 Å². The van der Waals surface area contributed by atoms with Crippen LogP contribution in [-0.4, -0.2) is 49.2 Å². The SMILES string of the molecule is Fc1nc(NCCCCN2CCC3(CCNC3)C2)c(Cl)s1. The topological polar surface area (TPSA) is 40.2 Å². The smallest absolute Gasteiger partial charge is 0.272 e. The number of aromatic nitrogens is 1. The van der Waals surface area contributed by atoms with Gasteiger partial charge < -0.3 is 15.5 Å². The number of unbranched alkanes of at least 4 members (excludes halogenated alkanes) is 1. The van der Waals surface area contributed by atoms with Crippen LogP contribution in [0, 0.1) is 10.7 Å². The van der Waals surface area contributed by atoms with Gasteiger partial charge in [0, 0.05) is 19.6 Å². The molecule has 2 saturated heterocycles. The summed E-state index contributed by atoms with van der Waals surface area (Å²) in [6.07, 6.45) is 4.88. The van der Waals surface area contributed by atoms with E-state index in [1.807, 2.05) is 0 Å². The summed E-state index contributed by atoms with van der Waals surface area (Å²) in [6, 6.07) is 0. The first kappa shape index (κ1) is 15.5. The standard InChI is InChI=1S/C14H22ClFN4S/c15-11-12(19-13(16)21-11)18-5-1-2-7-20-8-4-14(10-20)3-6-17-9-14/h17-18H,1-10H2. The van der Waals surface area contributed by atoms with Gasteiger partial charge >= 0.3 is 0 Å². The maximum atomic E-state index is 12.9. The highest BCUT2D eigenvalue weighted by Crippen LogP contribution is 2.35. The van der Waals surface area contributed by atoms with Gasteiger partial charge in [0.15, 0.2) is 5.82 Å². The lowest BCUT2D eigenvalue weighted by molar-refractivity contribution is 0.271. The Balaban J connectivity index is 1.31. The molecule has 3 heterocycles. The fraction of sp³-hybridized carbons (Fsp3) is 0.786. The van der Waals surface area contributed by atoms with Crippen molar-refractivity contribution in [1.29, 1.82) is 0 Å². The van der Waals surface area contributed by atoms with Crippen LogP contribution in [0.3, 0.4) is 0 Å². The molecule has 2 aliphatic rings. The Morgan fingerprint density at radius 1 is 1.43 bits per heavy atom. The molecule has 0 amide bonds. The lowest BCUT2D eigenvalue weighted by Gasteiger charge is -2.22. The largest absolute Gasteiger partial charge is 0.368 e. The van der Waals surface area contributed by atoms with Crippen LogP contribution in [0.2, 0.25) is 4.34 Å². The summed E-state index contributed by atoms with van der Waals surface area (Å²) in [5.74, 6) is 0.483. The number of nitrogens with one attached hydrogen (secondary N) is 2. The Bertz CT molecular complexity index is 476. The van der Waals surface area contributed by atoms with Gasteiger partial charge in [-0.25, -0.2) is 0 Å². The van der Waals surface area contributed by atoms with Gasteiger partial charge in [-0.3, -0.25) is 0 Å². The summed E-state index contributed by atoms with van der Waals surface area (Å²) < 4.78 is 13.3. The molecule has 0 saturated carbocycles. The van der Waals surface area contributed by atoms with Gasteiger partial charge in [-0.1, -0.05) is 22.9 Å². The van der Waals surface area contributed by atoms with Crippen molar-refractivity contribution in [2.24, 2.45) is 5.41 Å². The second kappa shape index (κ2) is 6.77. The molecular weight excluding hydrogens is 311 g/mol. The molecule has 2 N–H and O–H groups in total. The Morgan fingerprint density at radius 3 is 3.05 bits per heavy atom. The molecule has 3 rings (SSSR count). The third-order valence-electron chi connectivity index (χ3n) is 4.60. The van der Waals surface area contributed by atoms with Crippen molar-refractivity contribution in [2.75, 3.05) is 44.6 Å². The van der Waals surface area contributed by atoms with Gasteiger partial charge in [-0.2, -0.15) is 9.37 Å². The molecule has 21 heavy (non-hydrogen) atoms. The third-order valence-corrected chi connectivity index (χ3v) is 5.65. The molecule has 2 aliphatic heterocycles. The van der Waals surface area contributed by atoms with E-state index in [1.54, 1.807) is 0 Å². The van der Waals surface area contributed by atoms with Crippen molar-refractivity contribution in [2.45, 2.75) is 25.7 Å². The summed E-state index contributed by atoms with van der Waals surface area (Å²) in [6.45, 7) is 6.81. The molecule has 2 fully saturated rings. The van der Waals surface area contributed by atoms with E-state index in [-0.39, 0.29) is 0 Å². The van der Waals surface area contributed by atoms with Crippen molar-refractivity contribution in [3.05, 3.63) is 9.60 Å². The lowest BCUT2D eigenvalue weighted by atomic mass is 9.87. The summed E-state index contributed by atoms with van der Waals surface area (Å²) in [4.78, 5) is 6.31. The van der Waals surface area contributed by atoms with Crippen LogP contribution in [0.1, 0.15) is 25.7 Å². The van der Waals surface area contributed by atoms with Gasteiger partial charge in [0.05, 0.1) is 0 Å². The Morgan fingerprint density at radius 2 is 2.33 bits per heavy atom. The zero-order valence-electron chi connectivity index (χ0n) is 12.1. The van der Waals surface area contributed by atoms with Crippen molar-refractivity contribution in [3.63, 3.8) is 0 Å². The lowest BCUT2D eigenvalue weighted by Crippen LogP contribution is -2.29. The number of anilines is 1. The second-order valence-electron chi connectivity index (χ2n) is 6.18. The molecule has 1 spiro atoms. The number of halogens is 2. The molecule has 4 nitrogen and oxygen atoms in total. The first-order valence-electron chi connectivity index (χ1n) is 7.66. The van der Waals surface area contributed by atoms with E-state index in [0.717, 1.165) is 37.3 Å². The highest BCUT2D eigenvalue weighted by atomic mass is 35.5. The average Bonchev–Trinajstić information content (AvgIpc) is 3.14. The summed E-state index contributed by atoms with van der Waals surface area (Å²) in [7, 11) is 0. The van der Waals surface area contributed by atoms with Gasteiger partial charge in [0.2, 0.25) is 0 Å². The zero-order chi connectivity index (χ0) is 14.7. The first-order valence-corrected chi connectivity index (χ1v) is 8.85. The fourth-order valence-electron chi connectivity index (χ4n) is 3.42. The van der Waals surface area contributed by atoms with Crippen molar-refractivity contribution >= 4 is 28.8 Å². The molecule has 0 radical (unpaired) electrons. The van der Waals surface area contributed by atoms with Gasteiger partial charge in [-0.15, -0.1) is 0 Å². The minimum Gasteiger partial charge on any atom is -0.368 e. The zero-order valence-corrected chi connectivity index (χ0v) is 13.7. The number of hydrogen-bond acceptors (Lipinski definition) is 5. The van der Waals surface area contributed by atoms with E-state index in [1.165, 1.54) is 39.0 Å². The fourth-order valence-corrected chi connectivity index (χ4v) is 4.21. The molecular formula is C14H22ClFN4S.